The fourth-order valence-electron chi connectivity index (χ4n) is 2.59. The molecule has 0 spiro atoms. The van der Waals surface area contributed by atoms with Crippen LogP contribution in [0.3, 0.4) is 0 Å². The van der Waals surface area contributed by atoms with Gasteiger partial charge >= 0.3 is 0 Å². The van der Waals surface area contributed by atoms with Gasteiger partial charge in [-0.25, -0.2) is 0 Å². The summed E-state index contributed by atoms with van der Waals surface area (Å²) in [6, 6.07) is 0.0767. The van der Waals surface area contributed by atoms with Crippen LogP contribution in [0.2, 0.25) is 0 Å². The van der Waals surface area contributed by atoms with Gasteiger partial charge in [-0.05, 0) is 32.2 Å². The summed E-state index contributed by atoms with van der Waals surface area (Å²) in [5, 5.41) is 3.32. The first kappa shape index (κ1) is 11.9. The highest BCUT2D eigenvalue weighted by Crippen LogP contribution is 2.16. The Labute approximate surface area is 97.3 Å². The van der Waals surface area contributed by atoms with Gasteiger partial charge in [-0.2, -0.15) is 0 Å². The molecule has 0 radical (unpaired) electrons. The minimum atomic E-state index is 0.0767. The molecule has 2 aliphatic rings. The van der Waals surface area contributed by atoms with E-state index in [0.29, 0.717) is 12.0 Å². The summed E-state index contributed by atoms with van der Waals surface area (Å²) in [7, 11) is 1.75. The number of carbonyl (C=O) groups excluding carboxylic acids is 1. The van der Waals surface area contributed by atoms with E-state index in [2.05, 4.69) is 5.32 Å². The average molecular weight is 226 g/mol. The van der Waals surface area contributed by atoms with E-state index in [1.54, 1.807) is 7.11 Å². The van der Waals surface area contributed by atoms with Gasteiger partial charge in [0.2, 0.25) is 5.91 Å². The third kappa shape index (κ3) is 2.74. The van der Waals surface area contributed by atoms with Crippen molar-refractivity contribution in [3.8, 4) is 0 Å². The molecule has 2 fully saturated rings. The van der Waals surface area contributed by atoms with Crippen molar-refractivity contribution in [2.45, 2.75) is 44.2 Å². The first-order valence-electron chi connectivity index (χ1n) is 6.36. The summed E-state index contributed by atoms with van der Waals surface area (Å²) in [6.07, 6.45) is 5.70. The topological polar surface area (TPSA) is 41.6 Å². The van der Waals surface area contributed by atoms with Crippen molar-refractivity contribution in [3.63, 3.8) is 0 Å². The number of rotatable bonds is 2. The van der Waals surface area contributed by atoms with Crippen molar-refractivity contribution < 1.29 is 9.53 Å². The molecule has 2 heterocycles. The Hall–Kier alpha value is -0.610. The second-order valence-corrected chi connectivity index (χ2v) is 4.76. The second kappa shape index (κ2) is 5.64. The van der Waals surface area contributed by atoms with Crippen LogP contribution in [0, 0.1) is 0 Å². The Morgan fingerprint density at radius 1 is 1.25 bits per heavy atom. The second-order valence-electron chi connectivity index (χ2n) is 4.76. The number of nitrogens with one attached hydrogen (secondary N) is 1. The molecular weight excluding hydrogens is 204 g/mol. The first-order valence-corrected chi connectivity index (χ1v) is 6.36. The molecule has 0 aromatic rings. The summed E-state index contributed by atoms with van der Waals surface area (Å²) in [4.78, 5) is 14.2. The van der Waals surface area contributed by atoms with Crippen LogP contribution >= 0.6 is 0 Å². The van der Waals surface area contributed by atoms with E-state index in [0.717, 1.165) is 38.9 Å². The maximum Gasteiger partial charge on any atom is 0.239 e. The monoisotopic (exact) mass is 226 g/mol. The highest BCUT2D eigenvalue weighted by molar-refractivity contribution is 5.82. The van der Waals surface area contributed by atoms with E-state index >= 15 is 0 Å². The summed E-state index contributed by atoms with van der Waals surface area (Å²) >= 11 is 0. The Morgan fingerprint density at radius 2 is 2.00 bits per heavy atom. The van der Waals surface area contributed by atoms with Gasteiger partial charge in [0.05, 0.1) is 12.1 Å². The molecule has 4 nitrogen and oxygen atoms in total. The molecule has 0 bridgehead atoms. The zero-order chi connectivity index (χ0) is 11.4. The van der Waals surface area contributed by atoms with Crippen molar-refractivity contribution >= 4 is 5.91 Å². The van der Waals surface area contributed by atoms with Crippen LogP contribution in [-0.4, -0.2) is 49.7 Å². The number of ether oxygens (including phenoxy) is 1. The van der Waals surface area contributed by atoms with Gasteiger partial charge in [0.15, 0.2) is 0 Å². The molecule has 4 heteroatoms. The van der Waals surface area contributed by atoms with Gasteiger partial charge in [-0.15, -0.1) is 0 Å². The van der Waals surface area contributed by atoms with Crippen molar-refractivity contribution in [1.29, 1.82) is 0 Å². The zero-order valence-electron chi connectivity index (χ0n) is 10.1. The van der Waals surface area contributed by atoms with E-state index in [1.165, 1.54) is 12.8 Å². The van der Waals surface area contributed by atoms with E-state index in [4.69, 9.17) is 4.74 Å². The van der Waals surface area contributed by atoms with Crippen molar-refractivity contribution in [2.24, 2.45) is 0 Å². The molecule has 2 rings (SSSR count). The lowest BCUT2D eigenvalue weighted by Crippen LogP contribution is -2.51. The molecule has 92 valence electrons. The number of likely N-dealkylation sites (tertiary alicyclic amines) is 1. The first-order chi connectivity index (χ1) is 7.81. The third-order valence-electron chi connectivity index (χ3n) is 3.70. The molecular formula is C12H22N2O2. The van der Waals surface area contributed by atoms with E-state index < -0.39 is 0 Å². The molecule has 2 saturated heterocycles. The van der Waals surface area contributed by atoms with Crippen LogP contribution in [0.5, 0.6) is 0 Å². The molecule has 0 saturated carbocycles. The third-order valence-corrected chi connectivity index (χ3v) is 3.70. The number of hydrogen-bond donors (Lipinski definition) is 1. The van der Waals surface area contributed by atoms with Crippen LogP contribution in [0.4, 0.5) is 0 Å². The lowest BCUT2D eigenvalue weighted by Gasteiger charge is -2.35. The number of carbonyl (C=O) groups is 1. The Kier molecular flexibility index (Phi) is 4.18. The van der Waals surface area contributed by atoms with Crippen LogP contribution in [-0.2, 0) is 9.53 Å². The molecule has 16 heavy (non-hydrogen) atoms. The lowest BCUT2D eigenvalue weighted by molar-refractivity contribution is -0.136. The summed E-state index contributed by atoms with van der Waals surface area (Å²) in [5.74, 6) is 0.300. The minimum absolute atomic E-state index is 0.0767. The van der Waals surface area contributed by atoms with Gasteiger partial charge < -0.3 is 15.0 Å². The van der Waals surface area contributed by atoms with Crippen molar-refractivity contribution in [2.75, 3.05) is 26.7 Å². The Morgan fingerprint density at radius 3 is 2.56 bits per heavy atom. The molecule has 0 aromatic heterocycles. The van der Waals surface area contributed by atoms with E-state index in [9.17, 15) is 4.79 Å². The maximum absolute atomic E-state index is 12.2. The molecule has 1 atom stereocenters. The standard InChI is InChI=1S/C12H22N2O2/c1-16-10-5-8-14(9-6-10)12(15)11-4-2-3-7-13-11/h10-11,13H,2-9H2,1H3. The molecule has 0 aromatic carbocycles. The smallest absolute Gasteiger partial charge is 0.239 e. The number of hydrogen-bond acceptors (Lipinski definition) is 3. The van der Waals surface area contributed by atoms with Crippen molar-refractivity contribution in [1.82, 2.24) is 10.2 Å². The van der Waals surface area contributed by atoms with Gasteiger partial charge in [-0.1, -0.05) is 6.42 Å². The van der Waals surface area contributed by atoms with Crippen molar-refractivity contribution in [3.05, 3.63) is 0 Å². The highest BCUT2D eigenvalue weighted by Gasteiger charge is 2.28. The summed E-state index contributed by atoms with van der Waals surface area (Å²) < 4.78 is 5.31. The van der Waals surface area contributed by atoms with Crippen LogP contribution in [0.1, 0.15) is 32.1 Å². The fraction of sp³-hybridized carbons (Fsp3) is 0.917. The molecule has 0 aliphatic carbocycles. The predicted octanol–water partition coefficient (Wildman–Crippen LogP) is 0.766. The fourth-order valence-corrected chi connectivity index (χ4v) is 2.59. The van der Waals surface area contributed by atoms with Crippen LogP contribution in [0.25, 0.3) is 0 Å². The SMILES string of the molecule is COC1CCN(C(=O)C2CCCCN2)CC1. The van der Waals surface area contributed by atoms with Gasteiger partial charge in [0.25, 0.3) is 0 Å². The average Bonchev–Trinajstić information content (AvgIpc) is 2.39. The number of methoxy groups -OCH3 is 1. The van der Waals surface area contributed by atoms with Gasteiger partial charge in [0.1, 0.15) is 0 Å². The van der Waals surface area contributed by atoms with E-state index in [-0.39, 0.29) is 6.04 Å². The molecule has 1 amide bonds. The van der Waals surface area contributed by atoms with Gasteiger partial charge in [-0.3, -0.25) is 4.79 Å². The van der Waals surface area contributed by atoms with Gasteiger partial charge in [0, 0.05) is 20.2 Å². The van der Waals surface area contributed by atoms with E-state index in [1.807, 2.05) is 4.90 Å². The highest BCUT2D eigenvalue weighted by atomic mass is 16.5. The van der Waals surface area contributed by atoms with Crippen LogP contribution in [0.15, 0.2) is 0 Å². The Bertz CT molecular complexity index is 231. The normalized spacial score (nSPS) is 28.1. The molecule has 2 aliphatic heterocycles. The largest absolute Gasteiger partial charge is 0.381 e. The quantitative estimate of drug-likeness (QED) is 0.756. The maximum atomic E-state index is 12.2. The summed E-state index contributed by atoms with van der Waals surface area (Å²) in [5.41, 5.74) is 0. The van der Waals surface area contributed by atoms with Crippen LogP contribution < -0.4 is 5.32 Å². The number of piperidine rings is 2. The zero-order valence-corrected chi connectivity index (χ0v) is 10.1. The minimum Gasteiger partial charge on any atom is -0.381 e. The lowest BCUT2D eigenvalue weighted by atomic mass is 10.0. The predicted molar refractivity (Wildman–Crippen MR) is 62.3 cm³/mol. The number of nitrogens with zero attached hydrogens (tertiary/aromatic N) is 1. The molecule has 1 unspecified atom stereocenters. The Balaban J connectivity index is 1.81. The number of amides is 1. The summed E-state index contributed by atoms with van der Waals surface area (Å²) in [6.45, 7) is 2.70. The molecule has 1 N–H and O–H groups in total.